The van der Waals surface area contributed by atoms with Crippen molar-refractivity contribution in [2.24, 2.45) is 23.7 Å². The van der Waals surface area contributed by atoms with Gasteiger partial charge in [0.25, 0.3) is 0 Å². The Morgan fingerprint density at radius 2 is 1.11 bits per heavy atom. The van der Waals surface area contributed by atoms with Crippen molar-refractivity contribution in [3.63, 3.8) is 0 Å². The molecular weight excluding hydrogens is 430 g/mol. The molecule has 2 aliphatic carbocycles. The number of rotatable bonds is 3. The fraction of sp³-hybridized carbons (Fsp3) is 0.250. The fourth-order valence-electron chi connectivity index (χ4n) is 6.16. The molecule has 174 valence electrons. The van der Waals surface area contributed by atoms with Crippen molar-refractivity contribution in [3.05, 3.63) is 118 Å². The maximum absolute atomic E-state index is 13.8. The molecule has 3 aliphatic rings. The molecule has 2 fully saturated rings. The Balaban J connectivity index is 1.48. The van der Waals surface area contributed by atoms with Crippen molar-refractivity contribution in [2.75, 3.05) is 4.90 Å². The first-order valence-corrected chi connectivity index (χ1v) is 12.4. The minimum Gasteiger partial charge on any atom is -0.274 e. The molecule has 0 spiro atoms. The van der Waals surface area contributed by atoms with Gasteiger partial charge in [-0.1, -0.05) is 77.9 Å². The molecule has 3 aromatic rings. The van der Waals surface area contributed by atoms with E-state index in [1.807, 2.05) is 32.0 Å². The normalized spacial score (nSPS) is 24.5. The lowest BCUT2D eigenvalue weighted by Crippen LogP contribution is -2.33. The summed E-state index contributed by atoms with van der Waals surface area (Å²) in [6.07, 6.45) is 4.33. The molecule has 0 radical (unpaired) electrons. The molecular formula is C32H29NO2. The molecule has 1 saturated carbocycles. The van der Waals surface area contributed by atoms with Crippen molar-refractivity contribution in [2.45, 2.75) is 27.7 Å². The van der Waals surface area contributed by atoms with E-state index in [-0.39, 0.29) is 35.5 Å². The zero-order valence-corrected chi connectivity index (χ0v) is 20.6. The number of allylic oxidation sites excluding steroid dienone is 3. The first-order chi connectivity index (χ1) is 16.8. The minimum absolute atomic E-state index is 0.0596. The van der Waals surface area contributed by atoms with Crippen molar-refractivity contribution in [1.29, 1.82) is 0 Å². The van der Waals surface area contributed by atoms with Gasteiger partial charge in [0.2, 0.25) is 11.8 Å². The van der Waals surface area contributed by atoms with Gasteiger partial charge in [0.1, 0.15) is 0 Å². The number of nitrogens with zero attached hydrogens (tertiary/aromatic N) is 1. The van der Waals surface area contributed by atoms with Gasteiger partial charge in [-0.3, -0.25) is 9.59 Å². The Bertz CT molecular complexity index is 1340. The van der Waals surface area contributed by atoms with Gasteiger partial charge in [-0.25, -0.2) is 4.90 Å². The number of carbonyl (C=O) groups excluding carboxylic acids is 2. The molecule has 0 N–H and O–H groups in total. The van der Waals surface area contributed by atoms with Crippen LogP contribution in [0.1, 0.15) is 33.4 Å². The number of fused-ring (bicyclic) bond motifs is 5. The second kappa shape index (κ2) is 7.91. The Hall–Kier alpha value is -3.72. The molecule has 35 heavy (non-hydrogen) atoms. The SMILES string of the molecule is Cc1ccc(C(=C2[C@H]3C=C[C@H]2[C@H]2C(=O)N(c4ccc(C)c(C)c4)C(=O)[C@@H]23)c2ccc(C)cc2)cc1. The molecule has 3 aromatic carbocycles. The van der Waals surface area contributed by atoms with Crippen molar-refractivity contribution < 1.29 is 9.59 Å². The zero-order valence-electron chi connectivity index (χ0n) is 20.6. The summed E-state index contributed by atoms with van der Waals surface area (Å²) in [6.45, 7) is 8.24. The maximum Gasteiger partial charge on any atom is 0.238 e. The van der Waals surface area contributed by atoms with Crippen LogP contribution in [0.2, 0.25) is 0 Å². The number of hydrogen-bond donors (Lipinski definition) is 0. The lowest BCUT2D eigenvalue weighted by atomic mass is 9.85. The van der Waals surface area contributed by atoms with Crippen molar-refractivity contribution in [1.82, 2.24) is 0 Å². The molecule has 0 aromatic heterocycles. The fourth-order valence-corrected chi connectivity index (χ4v) is 6.16. The summed E-state index contributed by atoms with van der Waals surface area (Å²) in [6, 6.07) is 23.0. The third-order valence-electron chi connectivity index (χ3n) is 8.13. The van der Waals surface area contributed by atoms with Crippen LogP contribution in [0, 0.1) is 51.4 Å². The molecule has 2 amide bonds. The number of hydrogen-bond acceptors (Lipinski definition) is 2. The first kappa shape index (κ1) is 21.8. The van der Waals surface area contributed by atoms with E-state index in [2.05, 4.69) is 74.5 Å². The number of anilines is 1. The molecule has 3 nitrogen and oxygen atoms in total. The standard InChI is InChI=1S/C32H29NO2/c1-18-5-10-22(11-6-18)27(23-12-7-19(2)8-13-23)28-25-15-16-26(28)30-29(25)31(34)33(32(30)35)24-14-9-20(3)21(4)17-24/h5-17,25-26,29-30H,1-4H3/t25-,26-,29-,30-/m1/s1. The number of imide groups is 1. The van der Waals surface area contributed by atoms with Crippen molar-refractivity contribution >= 4 is 23.1 Å². The number of amides is 2. The second-order valence-corrected chi connectivity index (χ2v) is 10.3. The van der Waals surface area contributed by atoms with Gasteiger partial charge in [0, 0.05) is 11.8 Å². The quantitative estimate of drug-likeness (QED) is 0.338. The molecule has 4 atom stereocenters. The highest BCUT2D eigenvalue weighted by molar-refractivity contribution is 6.23. The smallest absolute Gasteiger partial charge is 0.238 e. The number of carbonyl (C=O) groups is 2. The van der Waals surface area contributed by atoms with Crippen LogP contribution >= 0.6 is 0 Å². The summed E-state index contributed by atoms with van der Waals surface area (Å²) in [4.78, 5) is 29.0. The van der Waals surface area contributed by atoms with Crippen LogP contribution in [-0.4, -0.2) is 11.8 Å². The lowest BCUT2D eigenvalue weighted by Gasteiger charge is -2.22. The monoisotopic (exact) mass is 459 g/mol. The summed E-state index contributed by atoms with van der Waals surface area (Å²) in [7, 11) is 0. The van der Waals surface area contributed by atoms with E-state index in [4.69, 9.17) is 0 Å². The highest BCUT2D eigenvalue weighted by Crippen LogP contribution is 2.58. The van der Waals surface area contributed by atoms with Gasteiger partial charge in [-0.05, 0) is 73.2 Å². The van der Waals surface area contributed by atoms with Gasteiger partial charge in [-0.15, -0.1) is 0 Å². The first-order valence-electron chi connectivity index (χ1n) is 12.4. The Kier molecular flexibility index (Phi) is 4.93. The van der Waals surface area contributed by atoms with Crippen LogP contribution in [0.5, 0.6) is 0 Å². The summed E-state index contributed by atoms with van der Waals surface area (Å²) in [5, 5.41) is 0. The predicted molar refractivity (Wildman–Crippen MR) is 140 cm³/mol. The van der Waals surface area contributed by atoms with E-state index < -0.39 is 0 Å². The summed E-state index contributed by atoms with van der Waals surface area (Å²) in [5.41, 5.74) is 10.0. The van der Waals surface area contributed by atoms with Gasteiger partial charge in [0.05, 0.1) is 17.5 Å². The lowest BCUT2D eigenvalue weighted by molar-refractivity contribution is -0.122. The van der Waals surface area contributed by atoms with Gasteiger partial charge < -0.3 is 0 Å². The Labute approximate surface area is 206 Å². The third kappa shape index (κ3) is 3.25. The number of benzene rings is 3. The average molecular weight is 460 g/mol. The predicted octanol–water partition coefficient (Wildman–Crippen LogP) is 6.34. The summed E-state index contributed by atoms with van der Waals surface area (Å²) >= 11 is 0. The summed E-state index contributed by atoms with van der Waals surface area (Å²) < 4.78 is 0. The summed E-state index contributed by atoms with van der Waals surface area (Å²) in [5.74, 6) is -0.916. The van der Waals surface area contributed by atoms with Crippen LogP contribution < -0.4 is 4.90 Å². The molecule has 6 rings (SSSR count). The zero-order chi connectivity index (χ0) is 24.4. The van der Waals surface area contributed by atoms with E-state index in [9.17, 15) is 9.59 Å². The van der Waals surface area contributed by atoms with Crippen molar-refractivity contribution in [3.8, 4) is 0 Å². The van der Waals surface area contributed by atoms with E-state index in [1.165, 1.54) is 21.6 Å². The van der Waals surface area contributed by atoms with Gasteiger partial charge >= 0.3 is 0 Å². The Morgan fingerprint density at radius 3 is 1.57 bits per heavy atom. The maximum atomic E-state index is 13.8. The van der Waals surface area contributed by atoms with Crippen LogP contribution in [0.15, 0.2) is 84.5 Å². The largest absolute Gasteiger partial charge is 0.274 e. The molecule has 1 saturated heterocycles. The molecule has 3 heteroatoms. The van der Waals surface area contributed by atoms with Gasteiger partial charge in [-0.2, -0.15) is 0 Å². The molecule has 1 aliphatic heterocycles. The second-order valence-electron chi connectivity index (χ2n) is 10.3. The van der Waals surface area contributed by atoms with E-state index in [1.54, 1.807) is 0 Å². The Morgan fingerprint density at radius 1 is 0.629 bits per heavy atom. The van der Waals surface area contributed by atoms with E-state index in [0.29, 0.717) is 5.69 Å². The number of aryl methyl sites for hydroxylation is 4. The highest BCUT2D eigenvalue weighted by atomic mass is 16.2. The van der Waals surface area contributed by atoms with Crippen LogP contribution in [0.4, 0.5) is 5.69 Å². The third-order valence-corrected chi connectivity index (χ3v) is 8.13. The van der Waals surface area contributed by atoms with Crippen LogP contribution in [-0.2, 0) is 9.59 Å². The van der Waals surface area contributed by atoms with E-state index >= 15 is 0 Å². The van der Waals surface area contributed by atoms with Crippen LogP contribution in [0.3, 0.4) is 0 Å². The van der Waals surface area contributed by atoms with Crippen LogP contribution in [0.25, 0.3) is 5.57 Å². The highest BCUT2D eigenvalue weighted by Gasteiger charge is 2.62. The molecule has 2 bridgehead atoms. The minimum atomic E-state index is -0.333. The van der Waals surface area contributed by atoms with Gasteiger partial charge in [0.15, 0.2) is 0 Å². The molecule has 1 heterocycles. The average Bonchev–Trinajstić information content (AvgIpc) is 3.48. The van der Waals surface area contributed by atoms with E-state index in [0.717, 1.165) is 27.8 Å². The molecule has 0 unspecified atom stereocenters. The topological polar surface area (TPSA) is 37.4 Å².